The van der Waals surface area contributed by atoms with Crippen molar-refractivity contribution in [2.24, 2.45) is 17.3 Å². The number of halogens is 4. The van der Waals surface area contributed by atoms with Gasteiger partial charge in [0.05, 0.1) is 11.8 Å². The molecule has 0 radical (unpaired) electrons. The summed E-state index contributed by atoms with van der Waals surface area (Å²) in [6.45, 7) is 3.27. The van der Waals surface area contributed by atoms with E-state index in [0.29, 0.717) is 0 Å². The van der Waals surface area contributed by atoms with Crippen LogP contribution in [0.4, 0.5) is 13.2 Å². The predicted octanol–water partition coefficient (Wildman–Crippen LogP) is 3.07. The van der Waals surface area contributed by atoms with Gasteiger partial charge in [-0.3, -0.25) is 4.79 Å². The van der Waals surface area contributed by atoms with Gasteiger partial charge in [-0.15, -0.1) is 11.6 Å². The van der Waals surface area contributed by atoms with Gasteiger partial charge in [0.1, 0.15) is 0 Å². The minimum absolute atomic E-state index is 0.597. The average Bonchev–Trinajstić information content (AvgIpc) is 2.61. The third-order valence-corrected chi connectivity index (χ3v) is 3.35. The van der Waals surface area contributed by atoms with Crippen LogP contribution in [0.15, 0.2) is 11.6 Å². The highest BCUT2D eigenvalue weighted by Gasteiger charge is 2.61. The Morgan fingerprint density at radius 1 is 1.50 bits per heavy atom. The molecule has 0 bridgehead atoms. The fourth-order valence-corrected chi connectivity index (χ4v) is 2.13. The first-order chi connectivity index (χ1) is 7.12. The van der Waals surface area contributed by atoms with Gasteiger partial charge in [0.15, 0.2) is 0 Å². The lowest BCUT2D eigenvalue weighted by Crippen LogP contribution is -2.13. The normalized spacial score (nSPS) is 29.0. The minimum Gasteiger partial charge on any atom is -0.481 e. The van der Waals surface area contributed by atoms with E-state index in [-0.39, 0.29) is 0 Å². The third kappa shape index (κ3) is 2.34. The fraction of sp³-hybridized carbons (Fsp3) is 0.700. The van der Waals surface area contributed by atoms with Gasteiger partial charge in [0.2, 0.25) is 0 Å². The number of hydrogen-bond acceptors (Lipinski definition) is 1. The Hall–Kier alpha value is -0.710. The van der Waals surface area contributed by atoms with Crippen LogP contribution in [0.5, 0.6) is 0 Å². The lowest BCUT2D eigenvalue weighted by Gasteiger charge is -2.08. The summed E-state index contributed by atoms with van der Waals surface area (Å²) in [7, 11) is 0. The Morgan fingerprint density at radius 3 is 2.25 bits per heavy atom. The molecule has 1 fully saturated rings. The van der Waals surface area contributed by atoms with Crippen molar-refractivity contribution in [1.82, 2.24) is 0 Å². The Morgan fingerprint density at radius 2 is 2.00 bits per heavy atom. The second-order valence-electron chi connectivity index (χ2n) is 4.49. The molecule has 0 aromatic carbocycles. The highest BCUT2D eigenvalue weighted by molar-refractivity contribution is 6.19. The number of rotatable bonds is 3. The molecule has 2 nitrogen and oxygen atoms in total. The maximum absolute atomic E-state index is 12.4. The maximum atomic E-state index is 12.4. The molecule has 92 valence electrons. The molecule has 16 heavy (non-hydrogen) atoms. The van der Waals surface area contributed by atoms with Gasteiger partial charge in [-0.1, -0.05) is 19.9 Å². The third-order valence-electron chi connectivity index (χ3n) is 3.07. The van der Waals surface area contributed by atoms with Gasteiger partial charge in [0.25, 0.3) is 0 Å². The number of hydrogen-bond donors (Lipinski definition) is 1. The van der Waals surface area contributed by atoms with Crippen molar-refractivity contribution in [2.75, 3.05) is 5.88 Å². The minimum atomic E-state index is -4.48. The van der Waals surface area contributed by atoms with Crippen molar-refractivity contribution < 1.29 is 23.1 Å². The second kappa shape index (κ2) is 3.95. The zero-order valence-electron chi connectivity index (χ0n) is 8.81. The summed E-state index contributed by atoms with van der Waals surface area (Å²) < 4.78 is 37.2. The molecule has 1 aliphatic rings. The standard InChI is InChI=1S/C10H12ClF3O2/c1-9(2)6(7(9)8(15)16)3-5(4-11)10(12,13)14/h3,6-7H,4H2,1-2H3,(H,15,16). The molecule has 0 saturated heterocycles. The molecule has 1 rings (SSSR count). The van der Waals surface area contributed by atoms with Crippen molar-refractivity contribution >= 4 is 17.6 Å². The van der Waals surface area contributed by atoms with Crippen molar-refractivity contribution in [3.05, 3.63) is 11.6 Å². The molecular formula is C10H12ClF3O2. The van der Waals surface area contributed by atoms with Gasteiger partial charge in [-0.2, -0.15) is 13.2 Å². The van der Waals surface area contributed by atoms with Crippen LogP contribution in [0, 0.1) is 17.3 Å². The van der Waals surface area contributed by atoms with Gasteiger partial charge >= 0.3 is 12.1 Å². The number of aliphatic carboxylic acids is 1. The smallest absolute Gasteiger partial charge is 0.413 e. The van der Waals surface area contributed by atoms with Gasteiger partial charge in [0, 0.05) is 5.57 Å². The van der Waals surface area contributed by atoms with E-state index in [4.69, 9.17) is 16.7 Å². The van der Waals surface area contributed by atoms with Crippen LogP contribution in [0.3, 0.4) is 0 Å². The lowest BCUT2D eigenvalue weighted by molar-refractivity contribution is -0.139. The molecule has 0 aromatic rings. The highest BCUT2D eigenvalue weighted by atomic mass is 35.5. The highest BCUT2D eigenvalue weighted by Crippen LogP contribution is 2.59. The van der Waals surface area contributed by atoms with Crippen LogP contribution in [0.1, 0.15) is 13.8 Å². The molecule has 6 heteroatoms. The quantitative estimate of drug-likeness (QED) is 0.622. The molecule has 0 amide bonds. The average molecular weight is 257 g/mol. The van der Waals surface area contributed by atoms with Crippen LogP contribution in [-0.2, 0) is 4.79 Å². The van der Waals surface area contributed by atoms with E-state index in [0.717, 1.165) is 6.08 Å². The van der Waals surface area contributed by atoms with Crippen LogP contribution >= 0.6 is 11.6 Å². The van der Waals surface area contributed by atoms with Gasteiger partial charge in [-0.25, -0.2) is 0 Å². The monoisotopic (exact) mass is 256 g/mol. The summed E-state index contributed by atoms with van der Waals surface area (Å²) >= 11 is 5.21. The van der Waals surface area contributed by atoms with Crippen molar-refractivity contribution in [1.29, 1.82) is 0 Å². The van der Waals surface area contributed by atoms with Gasteiger partial charge in [-0.05, 0) is 11.3 Å². The van der Waals surface area contributed by atoms with E-state index in [9.17, 15) is 18.0 Å². The number of allylic oxidation sites excluding steroid dienone is 2. The lowest BCUT2D eigenvalue weighted by atomic mass is 10.1. The predicted molar refractivity (Wildman–Crippen MR) is 53.3 cm³/mol. The SMILES string of the molecule is CC1(C)C(C=C(CCl)C(F)(F)F)C1C(=O)O. The Bertz CT molecular complexity index is 333. The van der Waals surface area contributed by atoms with Crippen molar-refractivity contribution in [3.8, 4) is 0 Å². The number of carboxylic acid groups (broad SMARTS) is 1. The van der Waals surface area contributed by atoms with E-state index in [1.54, 1.807) is 13.8 Å². The van der Waals surface area contributed by atoms with E-state index in [1.807, 2.05) is 0 Å². The Kier molecular flexibility index (Phi) is 3.29. The maximum Gasteiger partial charge on any atom is 0.413 e. The van der Waals surface area contributed by atoms with Crippen LogP contribution < -0.4 is 0 Å². The zero-order valence-corrected chi connectivity index (χ0v) is 9.56. The number of carboxylic acids is 1. The second-order valence-corrected chi connectivity index (χ2v) is 4.75. The fourth-order valence-electron chi connectivity index (χ4n) is 1.89. The molecule has 0 aromatic heterocycles. The van der Waals surface area contributed by atoms with Crippen LogP contribution in [-0.4, -0.2) is 23.1 Å². The van der Waals surface area contributed by atoms with Crippen molar-refractivity contribution in [2.45, 2.75) is 20.0 Å². The molecule has 2 unspecified atom stereocenters. The van der Waals surface area contributed by atoms with Crippen molar-refractivity contribution in [3.63, 3.8) is 0 Å². The molecule has 0 spiro atoms. The Labute approximate surface area is 96.1 Å². The van der Waals surface area contributed by atoms with E-state index >= 15 is 0 Å². The first kappa shape index (κ1) is 13.4. The summed E-state index contributed by atoms with van der Waals surface area (Å²) in [6, 6.07) is 0. The summed E-state index contributed by atoms with van der Waals surface area (Å²) in [5, 5.41) is 8.80. The summed E-state index contributed by atoms with van der Waals surface area (Å²) in [5.41, 5.74) is -1.50. The van der Waals surface area contributed by atoms with Crippen LogP contribution in [0.25, 0.3) is 0 Å². The number of alkyl halides is 4. The molecule has 1 saturated carbocycles. The largest absolute Gasteiger partial charge is 0.481 e. The molecule has 0 heterocycles. The number of carbonyl (C=O) groups is 1. The van der Waals surface area contributed by atoms with E-state index in [2.05, 4.69) is 0 Å². The van der Waals surface area contributed by atoms with Gasteiger partial charge < -0.3 is 5.11 Å². The van der Waals surface area contributed by atoms with Crippen LogP contribution in [0.2, 0.25) is 0 Å². The molecule has 1 aliphatic carbocycles. The molecule has 0 aliphatic heterocycles. The Balaban J connectivity index is 2.90. The topological polar surface area (TPSA) is 37.3 Å². The molecule has 2 atom stereocenters. The summed E-state index contributed by atoms with van der Waals surface area (Å²) in [6.07, 6.45) is -3.53. The van der Waals surface area contributed by atoms with E-state index < -0.39 is 40.8 Å². The first-order valence-corrected chi connectivity index (χ1v) is 5.22. The molecular weight excluding hydrogens is 245 g/mol. The summed E-state index contributed by atoms with van der Waals surface area (Å²) in [4.78, 5) is 10.8. The zero-order chi connectivity index (χ0) is 12.7. The first-order valence-electron chi connectivity index (χ1n) is 4.69. The van der Waals surface area contributed by atoms with E-state index in [1.165, 1.54) is 0 Å². The molecule has 1 N–H and O–H groups in total. The summed E-state index contributed by atoms with van der Waals surface area (Å²) in [5.74, 6) is -3.07.